The fraction of sp³-hybridized carbons (Fsp3) is 0.429. The molecule has 4 rings (SSSR count). The molecule has 0 amide bonds. The van der Waals surface area contributed by atoms with E-state index in [1.165, 1.54) is 0 Å². The van der Waals surface area contributed by atoms with Crippen molar-refractivity contribution in [3.63, 3.8) is 0 Å². The zero-order valence-corrected chi connectivity index (χ0v) is 18.2. The van der Waals surface area contributed by atoms with Gasteiger partial charge in [0.1, 0.15) is 16.1 Å². The normalized spacial score (nSPS) is 15.6. The Labute approximate surface area is 172 Å². The van der Waals surface area contributed by atoms with E-state index in [1.54, 1.807) is 30.2 Å². The molecule has 3 aromatic rings. The van der Waals surface area contributed by atoms with Crippen LogP contribution in [-0.4, -0.2) is 28.0 Å². The molecule has 0 atom stereocenters. The monoisotopic (exact) mass is 416 g/mol. The van der Waals surface area contributed by atoms with Gasteiger partial charge in [0.2, 0.25) is 5.43 Å². The second kappa shape index (κ2) is 7.54. The summed E-state index contributed by atoms with van der Waals surface area (Å²) in [6.07, 6.45) is 1.67. The van der Waals surface area contributed by atoms with Crippen LogP contribution in [0.1, 0.15) is 37.6 Å². The molecule has 0 saturated heterocycles. The molecule has 0 bridgehead atoms. The van der Waals surface area contributed by atoms with Gasteiger partial charge in [0.05, 0.1) is 19.3 Å². The summed E-state index contributed by atoms with van der Waals surface area (Å²) in [4.78, 5) is 20.0. The van der Waals surface area contributed by atoms with Crippen LogP contribution in [0.5, 0.6) is 5.75 Å². The summed E-state index contributed by atoms with van der Waals surface area (Å²) in [6.45, 7) is 6.68. The Balaban J connectivity index is 1.93. The molecule has 0 radical (unpaired) electrons. The van der Waals surface area contributed by atoms with Crippen LogP contribution in [0.15, 0.2) is 34.2 Å². The number of benzene rings is 1. The average Bonchev–Trinajstić information content (AvgIpc) is 3.05. The third-order valence-corrected chi connectivity index (χ3v) is 7.14. The van der Waals surface area contributed by atoms with Crippen molar-refractivity contribution in [1.29, 1.82) is 0 Å². The minimum Gasteiger partial charge on any atom is -0.497 e. The average molecular weight is 417 g/mol. The van der Waals surface area contributed by atoms with Crippen LogP contribution in [0.2, 0.25) is 0 Å². The molecule has 3 heterocycles. The number of methoxy groups -OCH3 is 1. The molecule has 7 heteroatoms. The van der Waals surface area contributed by atoms with Gasteiger partial charge in [-0.15, -0.1) is 11.3 Å². The maximum atomic E-state index is 13.3. The lowest BCUT2D eigenvalue weighted by molar-refractivity contribution is -0.0386. The summed E-state index contributed by atoms with van der Waals surface area (Å²) in [5, 5.41) is 0.859. The van der Waals surface area contributed by atoms with Gasteiger partial charge in [-0.05, 0) is 44.5 Å². The SMILES string of the molecule is CCCSc1nc2c(=O)c3c(sc2n1-c1ccc(OC)cc1)COC(C)(C)C3. The van der Waals surface area contributed by atoms with Crippen molar-refractivity contribution in [2.24, 2.45) is 0 Å². The van der Waals surface area contributed by atoms with Gasteiger partial charge in [0.15, 0.2) is 5.16 Å². The highest BCUT2D eigenvalue weighted by molar-refractivity contribution is 7.99. The van der Waals surface area contributed by atoms with Gasteiger partial charge in [-0.1, -0.05) is 18.7 Å². The number of fused-ring (bicyclic) bond motifs is 2. The molecule has 1 aliphatic heterocycles. The van der Waals surface area contributed by atoms with E-state index in [0.29, 0.717) is 18.5 Å². The second-order valence-corrected chi connectivity index (χ2v) is 9.63. The number of thioether (sulfide) groups is 1. The van der Waals surface area contributed by atoms with Crippen LogP contribution in [0.3, 0.4) is 0 Å². The third kappa shape index (κ3) is 3.47. The smallest absolute Gasteiger partial charge is 0.211 e. The van der Waals surface area contributed by atoms with E-state index in [9.17, 15) is 4.79 Å². The van der Waals surface area contributed by atoms with E-state index >= 15 is 0 Å². The standard InChI is InChI=1S/C21H24N2O3S2/c1-5-10-27-20-22-17-18(24)15-11-21(2,3)26-12-16(15)28-19(17)23(20)13-6-8-14(25-4)9-7-13/h6-9H,5,10-12H2,1-4H3. The fourth-order valence-corrected chi connectivity index (χ4v) is 5.44. The van der Waals surface area contributed by atoms with Crippen molar-refractivity contribution in [2.45, 2.75) is 51.0 Å². The van der Waals surface area contributed by atoms with Crippen LogP contribution >= 0.6 is 23.1 Å². The molecule has 0 saturated carbocycles. The van der Waals surface area contributed by atoms with Gasteiger partial charge < -0.3 is 9.47 Å². The van der Waals surface area contributed by atoms with E-state index in [-0.39, 0.29) is 11.0 Å². The number of rotatable bonds is 5. The summed E-state index contributed by atoms with van der Waals surface area (Å²) in [6, 6.07) is 7.88. The molecule has 148 valence electrons. The lowest BCUT2D eigenvalue weighted by Crippen LogP contribution is -2.34. The van der Waals surface area contributed by atoms with Crippen LogP contribution in [0, 0.1) is 0 Å². The van der Waals surface area contributed by atoms with E-state index in [2.05, 4.69) is 11.5 Å². The molecule has 5 nitrogen and oxygen atoms in total. The lowest BCUT2D eigenvalue weighted by Gasteiger charge is -2.30. The number of imidazole rings is 1. The largest absolute Gasteiger partial charge is 0.497 e. The lowest BCUT2D eigenvalue weighted by atomic mass is 9.95. The zero-order chi connectivity index (χ0) is 19.9. The first-order valence-corrected chi connectivity index (χ1v) is 11.2. The zero-order valence-electron chi connectivity index (χ0n) is 16.6. The molecule has 28 heavy (non-hydrogen) atoms. The van der Waals surface area contributed by atoms with Crippen molar-refractivity contribution < 1.29 is 9.47 Å². The Hall–Kier alpha value is -1.83. The van der Waals surface area contributed by atoms with Gasteiger partial charge in [0.25, 0.3) is 0 Å². The van der Waals surface area contributed by atoms with E-state index < -0.39 is 0 Å². The minimum atomic E-state index is -0.315. The molecule has 1 aromatic carbocycles. The van der Waals surface area contributed by atoms with Gasteiger partial charge in [0, 0.05) is 28.3 Å². The number of aromatic nitrogens is 2. The highest BCUT2D eigenvalue weighted by Crippen LogP contribution is 2.35. The molecule has 0 unspecified atom stereocenters. The summed E-state index contributed by atoms with van der Waals surface area (Å²) >= 11 is 3.31. The minimum absolute atomic E-state index is 0.0470. The van der Waals surface area contributed by atoms with E-state index in [0.717, 1.165) is 44.0 Å². The number of ether oxygens (including phenoxy) is 2. The van der Waals surface area contributed by atoms with Crippen molar-refractivity contribution in [1.82, 2.24) is 9.55 Å². The first-order chi connectivity index (χ1) is 13.4. The van der Waals surface area contributed by atoms with Crippen LogP contribution in [0.25, 0.3) is 16.0 Å². The quantitative estimate of drug-likeness (QED) is 0.559. The van der Waals surface area contributed by atoms with Gasteiger partial charge >= 0.3 is 0 Å². The molecule has 1 aliphatic rings. The van der Waals surface area contributed by atoms with Crippen LogP contribution in [-0.2, 0) is 17.8 Å². The molecule has 0 aliphatic carbocycles. The summed E-state index contributed by atoms with van der Waals surface area (Å²) < 4.78 is 13.3. The maximum absolute atomic E-state index is 13.3. The predicted molar refractivity (Wildman–Crippen MR) is 115 cm³/mol. The van der Waals surface area contributed by atoms with Gasteiger partial charge in [-0.25, -0.2) is 4.98 Å². The van der Waals surface area contributed by atoms with E-state index in [4.69, 9.17) is 14.5 Å². The number of hydrogen-bond donors (Lipinski definition) is 0. The number of hydrogen-bond acceptors (Lipinski definition) is 6. The van der Waals surface area contributed by atoms with Crippen molar-refractivity contribution in [3.05, 3.63) is 44.9 Å². The highest BCUT2D eigenvalue weighted by Gasteiger charge is 2.30. The van der Waals surface area contributed by atoms with Gasteiger partial charge in [-0.3, -0.25) is 9.36 Å². The Morgan fingerprint density at radius 1 is 1.32 bits per heavy atom. The molecule has 0 N–H and O–H groups in total. The molecule has 0 fully saturated rings. The van der Waals surface area contributed by atoms with Crippen LogP contribution < -0.4 is 10.2 Å². The first kappa shape index (κ1) is 19.5. The van der Waals surface area contributed by atoms with Crippen molar-refractivity contribution >= 4 is 33.4 Å². The van der Waals surface area contributed by atoms with Gasteiger partial charge in [-0.2, -0.15) is 0 Å². The molecule has 2 aromatic heterocycles. The molecular formula is C21H24N2O3S2. The Bertz CT molecular complexity index is 1070. The summed E-state index contributed by atoms with van der Waals surface area (Å²) in [5.41, 5.74) is 2.14. The second-order valence-electron chi connectivity index (χ2n) is 7.49. The maximum Gasteiger partial charge on any atom is 0.211 e. The topological polar surface area (TPSA) is 53.4 Å². The first-order valence-electron chi connectivity index (χ1n) is 9.42. The summed E-state index contributed by atoms with van der Waals surface area (Å²) in [5.74, 6) is 1.76. The third-order valence-electron chi connectivity index (χ3n) is 4.81. The Morgan fingerprint density at radius 2 is 2.07 bits per heavy atom. The highest BCUT2D eigenvalue weighted by atomic mass is 32.2. The molecule has 0 spiro atoms. The van der Waals surface area contributed by atoms with Crippen LogP contribution in [0.4, 0.5) is 0 Å². The van der Waals surface area contributed by atoms with Crippen molar-refractivity contribution in [2.75, 3.05) is 12.9 Å². The summed E-state index contributed by atoms with van der Waals surface area (Å²) in [7, 11) is 1.66. The fourth-order valence-electron chi connectivity index (χ4n) is 3.36. The predicted octanol–water partition coefficient (Wildman–Crippen LogP) is 4.81. The number of nitrogens with zero attached hydrogens (tertiary/aromatic N) is 2. The van der Waals surface area contributed by atoms with Crippen molar-refractivity contribution in [3.8, 4) is 11.4 Å². The Kier molecular flexibility index (Phi) is 5.24. The van der Waals surface area contributed by atoms with E-state index in [1.807, 2.05) is 38.1 Å². The Morgan fingerprint density at radius 3 is 2.75 bits per heavy atom. The molecular weight excluding hydrogens is 392 g/mol.